The number of piperazine rings is 1. The average molecular weight is 434 g/mol. The Hall–Kier alpha value is -1.16. The molecule has 0 saturated carbocycles. The summed E-state index contributed by atoms with van der Waals surface area (Å²) in [5.74, 6) is -0.200. The quantitative estimate of drug-likeness (QED) is 0.677. The molecule has 0 aromatic heterocycles. The van der Waals surface area contributed by atoms with Gasteiger partial charge in [-0.2, -0.15) is 17.0 Å². The summed E-state index contributed by atoms with van der Waals surface area (Å²) in [7, 11) is -3.50. The lowest BCUT2D eigenvalue weighted by molar-refractivity contribution is -0.127. The summed E-state index contributed by atoms with van der Waals surface area (Å²) in [6.45, 7) is 2.76. The molecule has 2 aliphatic heterocycles. The van der Waals surface area contributed by atoms with Crippen LogP contribution in [0, 0.1) is 0 Å². The van der Waals surface area contributed by atoms with Crippen molar-refractivity contribution in [2.24, 2.45) is 0 Å². The van der Waals surface area contributed by atoms with Gasteiger partial charge in [0.1, 0.15) is 0 Å². The molecule has 148 valence electrons. The topological polar surface area (TPSA) is 70.2 Å². The van der Waals surface area contributed by atoms with Crippen molar-refractivity contribution in [3.05, 3.63) is 39.9 Å². The van der Waals surface area contributed by atoms with Crippen molar-refractivity contribution in [2.75, 3.05) is 52.5 Å². The van der Waals surface area contributed by atoms with Crippen LogP contribution in [0.5, 0.6) is 0 Å². The van der Waals surface area contributed by atoms with E-state index in [0.29, 0.717) is 55.0 Å². The largest absolute Gasteiger partial charge is 0.379 e. The molecular formula is C17H21Cl2N3O4S. The summed E-state index contributed by atoms with van der Waals surface area (Å²) < 4.78 is 33.4. The van der Waals surface area contributed by atoms with Crippen molar-refractivity contribution >= 4 is 45.4 Å². The third kappa shape index (κ3) is 4.82. The van der Waals surface area contributed by atoms with Crippen LogP contribution in [0.4, 0.5) is 0 Å². The van der Waals surface area contributed by atoms with Gasteiger partial charge in [-0.3, -0.25) is 4.79 Å². The lowest BCUT2D eigenvalue weighted by Gasteiger charge is -2.37. The Kier molecular flexibility index (Phi) is 6.78. The Morgan fingerprint density at radius 3 is 2.11 bits per heavy atom. The monoisotopic (exact) mass is 433 g/mol. The Morgan fingerprint density at radius 2 is 1.52 bits per heavy atom. The lowest BCUT2D eigenvalue weighted by Crippen LogP contribution is -2.55. The van der Waals surface area contributed by atoms with E-state index in [1.54, 1.807) is 29.2 Å². The van der Waals surface area contributed by atoms with Crippen molar-refractivity contribution in [1.29, 1.82) is 0 Å². The van der Waals surface area contributed by atoms with Crippen LogP contribution in [0.2, 0.25) is 10.0 Å². The number of rotatable bonds is 4. The second-order valence-corrected chi connectivity index (χ2v) is 8.96. The average Bonchev–Trinajstić information content (AvgIpc) is 2.68. The summed E-state index contributed by atoms with van der Waals surface area (Å²) >= 11 is 12.2. The second kappa shape index (κ2) is 8.89. The van der Waals surface area contributed by atoms with Crippen molar-refractivity contribution in [3.8, 4) is 0 Å². The fraction of sp³-hybridized carbons (Fsp3) is 0.471. The summed E-state index contributed by atoms with van der Waals surface area (Å²) in [6.07, 6.45) is 3.00. The molecule has 2 aliphatic rings. The minimum absolute atomic E-state index is 0.200. The second-order valence-electron chi connectivity index (χ2n) is 6.21. The van der Waals surface area contributed by atoms with E-state index in [-0.39, 0.29) is 19.0 Å². The third-order valence-electron chi connectivity index (χ3n) is 4.57. The van der Waals surface area contributed by atoms with Crippen LogP contribution in [-0.2, 0) is 19.7 Å². The number of hydrogen-bond donors (Lipinski definition) is 0. The standard InChI is InChI=1S/C17H21Cl2N3O4S/c18-15-2-1-3-16(19)14(15)4-5-17(23)20-6-8-21(9-7-20)27(24,25)22-10-12-26-13-11-22/h1-5H,6-13H2/b5-4+. The maximum atomic E-state index is 12.7. The molecule has 1 amide bonds. The molecule has 0 unspecified atom stereocenters. The molecule has 27 heavy (non-hydrogen) atoms. The molecule has 0 bridgehead atoms. The van der Waals surface area contributed by atoms with Gasteiger partial charge in [0.25, 0.3) is 10.2 Å². The zero-order chi connectivity index (χ0) is 19.4. The predicted molar refractivity (Wildman–Crippen MR) is 105 cm³/mol. The molecule has 0 atom stereocenters. The number of morpholine rings is 1. The maximum Gasteiger partial charge on any atom is 0.282 e. The minimum atomic E-state index is -3.50. The van der Waals surface area contributed by atoms with Crippen LogP contribution in [-0.4, -0.2) is 80.3 Å². The maximum absolute atomic E-state index is 12.7. The van der Waals surface area contributed by atoms with Gasteiger partial charge in [0.05, 0.1) is 13.2 Å². The molecule has 0 N–H and O–H groups in total. The lowest BCUT2D eigenvalue weighted by atomic mass is 10.2. The highest BCUT2D eigenvalue weighted by molar-refractivity contribution is 7.86. The molecule has 0 radical (unpaired) electrons. The molecule has 2 fully saturated rings. The number of hydrogen-bond acceptors (Lipinski definition) is 4. The first kappa shape index (κ1) is 20.6. The number of ether oxygens (including phenoxy) is 1. The van der Waals surface area contributed by atoms with E-state index in [9.17, 15) is 13.2 Å². The molecule has 0 aliphatic carbocycles. The number of carbonyl (C=O) groups is 1. The molecule has 0 spiro atoms. The number of amides is 1. The number of halogens is 2. The molecular weight excluding hydrogens is 413 g/mol. The molecule has 7 nitrogen and oxygen atoms in total. The molecule has 1 aromatic carbocycles. The SMILES string of the molecule is O=C(/C=C/c1c(Cl)cccc1Cl)N1CCN(S(=O)(=O)N2CCOCC2)CC1. The van der Waals surface area contributed by atoms with E-state index in [2.05, 4.69) is 0 Å². The van der Waals surface area contributed by atoms with Gasteiger partial charge in [-0.05, 0) is 18.2 Å². The number of nitrogens with zero attached hydrogens (tertiary/aromatic N) is 3. The fourth-order valence-electron chi connectivity index (χ4n) is 3.01. The van der Waals surface area contributed by atoms with Crippen molar-refractivity contribution < 1.29 is 17.9 Å². The normalized spacial score (nSPS) is 20.3. The zero-order valence-corrected chi connectivity index (χ0v) is 17.0. The highest BCUT2D eigenvalue weighted by atomic mass is 35.5. The Balaban J connectivity index is 1.58. The van der Waals surface area contributed by atoms with Crippen molar-refractivity contribution in [1.82, 2.24) is 13.5 Å². The summed E-state index contributed by atoms with van der Waals surface area (Å²) in [5.41, 5.74) is 0.586. The minimum Gasteiger partial charge on any atom is -0.379 e. The molecule has 2 saturated heterocycles. The molecule has 2 heterocycles. The van der Waals surface area contributed by atoms with E-state index in [4.69, 9.17) is 27.9 Å². The smallest absolute Gasteiger partial charge is 0.282 e. The van der Waals surface area contributed by atoms with Crippen LogP contribution in [0.1, 0.15) is 5.56 Å². The van der Waals surface area contributed by atoms with Gasteiger partial charge in [-0.15, -0.1) is 0 Å². The predicted octanol–water partition coefficient (Wildman–Crippen LogP) is 1.73. The number of carbonyl (C=O) groups excluding carboxylic acids is 1. The van der Waals surface area contributed by atoms with Gasteiger partial charge in [0, 0.05) is 61.0 Å². The van der Waals surface area contributed by atoms with Gasteiger partial charge in [-0.1, -0.05) is 29.3 Å². The van der Waals surface area contributed by atoms with E-state index in [0.717, 1.165) is 0 Å². The molecule has 10 heteroatoms. The van der Waals surface area contributed by atoms with Crippen LogP contribution >= 0.6 is 23.2 Å². The van der Waals surface area contributed by atoms with Gasteiger partial charge in [0.2, 0.25) is 5.91 Å². The van der Waals surface area contributed by atoms with Crippen LogP contribution < -0.4 is 0 Å². The third-order valence-corrected chi connectivity index (χ3v) is 7.26. The first-order valence-electron chi connectivity index (χ1n) is 8.63. The van der Waals surface area contributed by atoms with E-state index < -0.39 is 10.2 Å². The summed E-state index contributed by atoms with van der Waals surface area (Å²) in [6, 6.07) is 5.14. The van der Waals surface area contributed by atoms with E-state index in [1.165, 1.54) is 14.7 Å². The Labute approximate surface area is 169 Å². The zero-order valence-electron chi connectivity index (χ0n) is 14.7. The van der Waals surface area contributed by atoms with Crippen LogP contribution in [0.3, 0.4) is 0 Å². The van der Waals surface area contributed by atoms with Gasteiger partial charge >= 0.3 is 0 Å². The van der Waals surface area contributed by atoms with Crippen molar-refractivity contribution in [3.63, 3.8) is 0 Å². The number of benzene rings is 1. The van der Waals surface area contributed by atoms with E-state index in [1.807, 2.05) is 0 Å². The first-order chi connectivity index (χ1) is 12.9. The Morgan fingerprint density at radius 1 is 0.963 bits per heavy atom. The van der Waals surface area contributed by atoms with Gasteiger partial charge in [-0.25, -0.2) is 0 Å². The highest BCUT2D eigenvalue weighted by Gasteiger charge is 2.33. The van der Waals surface area contributed by atoms with Crippen LogP contribution in [0.15, 0.2) is 24.3 Å². The summed E-state index contributed by atoms with van der Waals surface area (Å²) in [5, 5.41) is 0.931. The fourth-order valence-corrected chi connectivity index (χ4v) is 5.10. The van der Waals surface area contributed by atoms with Gasteiger partial charge < -0.3 is 9.64 Å². The van der Waals surface area contributed by atoms with Crippen molar-refractivity contribution in [2.45, 2.75) is 0 Å². The van der Waals surface area contributed by atoms with E-state index >= 15 is 0 Å². The molecule has 3 rings (SSSR count). The first-order valence-corrected chi connectivity index (χ1v) is 10.8. The molecule has 1 aromatic rings. The highest BCUT2D eigenvalue weighted by Crippen LogP contribution is 2.25. The van der Waals surface area contributed by atoms with Crippen LogP contribution in [0.25, 0.3) is 6.08 Å². The van der Waals surface area contributed by atoms with Gasteiger partial charge in [0.15, 0.2) is 0 Å². The Bertz CT molecular complexity index is 797. The summed E-state index contributed by atoms with van der Waals surface area (Å²) in [4.78, 5) is 14.0.